The molecule has 2 aromatic heterocycles. The van der Waals surface area contributed by atoms with Crippen molar-refractivity contribution in [1.82, 2.24) is 9.97 Å². The smallest absolute Gasteiger partial charge is 0.164 e. The summed E-state index contributed by atoms with van der Waals surface area (Å²) in [7, 11) is 0. The lowest BCUT2D eigenvalue weighted by Gasteiger charge is -2.20. The van der Waals surface area contributed by atoms with E-state index in [2.05, 4.69) is 9.97 Å². The highest BCUT2D eigenvalue weighted by Crippen LogP contribution is 2.29. The second-order valence-electron chi connectivity index (χ2n) is 11.4. The van der Waals surface area contributed by atoms with Crippen molar-refractivity contribution >= 4 is 46.3 Å². The Hall–Kier alpha value is -3.46. The minimum atomic E-state index is 0.128. The van der Waals surface area contributed by atoms with Gasteiger partial charge in [0.25, 0.3) is 0 Å². The number of ketones is 4. The highest BCUT2D eigenvalue weighted by molar-refractivity contribution is 6.29. The molecule has 44 heavy (non-hydrogen) atoms. The normalized spacial score (nSPS) is 20.3. The Kier molecular flexibility index (Phi) is 12.2. The highest BCUT2D eigenvalue weighted by Gasteiger charge is 2.22. The number of carbonyl (C=O) groups excluding carboxylic acids is 4. The maximum Gasteiger partial charge on any atom is 0.164 e. The molecule has 0 aliphatic heterocycles. The lowest BCUT2D eigenvalue weighted by atomic mass is 9.85. The maximum absolute atomic E-state index is 11.3. The lowest BCUT2D eigenvalue weighted by molar-refractivity contribution is -0.116. The van der Waals surface area contributed by atoms with Gasteiger partial charge in [-0.3, -0.25) is 19.2 Å². The van der Waals surface area contributed by atoms with Gasteiger partial charge in [-0.1, -0.05) is 34.8 Å². The first-order chi connectivity index (χ1) is 21.1. The fourth-order valence-electron chi connectivity index (χ4n) is 5.73. The lowest BCUT2D eigenvalue weighted by Crippen LogP contribution is -2.18. The molecule has 1 unspecified atom stereocenters. The number of fused-ring (bicyclic) bond motifs is 2. The van der Waals surface area contributed by atoms with Crippen LogP contribution in [0.25, 0.3) is 0 Å². The van der Waals surface area contributed by atoms with Crippen LogP contribution in [-0.4, -0.2) is 33.1 Å². The van der Waals surface area contributed by atoms with E-state index in [4.69, 9.17) is 34.7 Å². The van der Waals surface area contributed by atoms with Crippen LogP contribution >= 0.6 is 23.2 Å². The molecule has 0 aromatic carbocycles. The van der Waals surface area contributed by atoms with Crippen LogP contribution in [0.15, 0.2) is 59.3 Å². The van der Waals surface area contributed by atoms with Gasteiger partial charge >= 0.3 is 0 Å². The number of rotatable bonds is 0. The van der Waals surface area contributed by atoms with Crippen molar-refractivity contribution in [3.05, 3.63) is 92.2 Å². The molecule has 0 amide bonds. The summed E-state index contributed by atoms with van der Waals surface area (Å²) >= 11 is 11.5. The Balaban J connectivity index is 0.000000135. The van der Waals surface area contributed by atoms with Gasteiger partial charge in [0.2, 0.25) is 0 Å². The standard InChI is InChI=1S/C10H10O2.C9H11ClN2.C9H8ClNO.C6H9NO/c11-8-4-5-9-7(6-8)2-1-3-10(9)12;10-9-5-4-6-7(11)2-1-3-8(6)12-9;10-9-5-4-6-7(11-9)2-1-3-8(6)12;7-5-2-1-3-6(8)4-5/h4-5H,1-3,6H2;4-5,7H,1-3,11H2;4-5H,1-3H2;4H,1-3,7H2. The predicted octanol–water partition coefficient (Wildman–Crippen LogP) is 6.47. The molecule has 0 fully saturated rings. The van der Waals surface area contributed by atoms with Crippen molar-refractivity contribution in [1.29, 1.82) is 0 Å². The molecule has 0 spiro atoms. The van der Waals surface area contributed by atoms with Crippen LogP contribution in [0.4, 0.5) is 0 Å². The molecule has 0 radical (unpaired) electrons. The van der Waals surface area contributed by atoms with Gasteiger partial charge in [0.1, 0.15) is 10.3 Å². The fourth-order valence-corrected chi connectivity index (χ4v) is 6.06. The number of nitrogens with zero attached hydrogens (tertiary/aromatic N) is 2. The summed E-state index contributed by atoms with van der Waals surface area (Å²) in [5.41, 5.74) is 17.7. The number of hydrogen-bond acceptors (Lipinski definition) is 8. The minimum absolute atomic E-state index is 0.128. The Labute approximate surface area is 268 Å². The second-order valence-corrected chi connectivity index (χ2v) is 12.2. The van der Waals surface area contributed by atoms with Gasteiger partial charge in [-0.15, -0.1) is 0 Å². The zero-order valence-electron chi connectivity index (χ0n) is 24.7. The van der Waals surface area contributed by atoms with Crippen molar-refractivity contribution < 1.29 is 19.2 Å². The molecular weight excluding hydrogens is 599 g/mol. The number of nitrogens with two attached hydrogens (primary N) is 2. The minimum Gasteiger partial charge on any atom is -0.402 e. The Morgan fingerprint density at radius 1 is 0.682 bits per heavy atom. The third-order valence-electron chi connectivity index (χ3n) is 7.98. The zero-order valence-corrected chi connectivity index (χ0v) is 26.3. The van der Waals surface area contributed by atoms with Crippen LogP contribution in [0.2, 0.25) is 10.3 Å². The summed E-state index contributed by atoms with van der Waals surface area (Å²) in [5, 5.41) is 1.05. The van der Waals surface area contributed by atoms with Crippen molar-refractivity contribution in [2.45, 2.75) is 89.5 Å². The fraction of sp³-hybridized carbons (Fsp3) is 0.412. The first kappa shape index (κ1) is 33.4. The van der Waals surface area contributed by atoms with E-state index < -0.39 is 0 Å². The zero-order chi connectivity index (χ0) is 31.6. The van der Waals surface area contributed by atoms with Crippen molar-refractivity contribution in [3.63, 3.8) is 0 Å². The molecule has 2 heterocycles. The topological polar surface area (TPSA) is 146 Å². The molecule has 2 aromatic rings. The number of carbonyl (C=O) groups is 4. The average molecular weight is 638 g/mol. The Morgan fingerprint density at radius 2 is 1.34 bits per heavy atom. The summed E-state index contributed by atoms with van der Waals surface area (Å²) in [5.74, 6) is 0.706. The van der Waals surface area contributed by atoms with Crippen LogP contribution < -0.4 is 11.5 Å². The molecule has 0 saturated heterocycles. The van der Waals surface area contributed by atoms with Gasteiger partial charge in [-0.25, -0.2) is 9.97 Å². The third kappa shape index (κ3) is 9.52. The van der Waals surface area contributed by atoms with Crippen molar-refractivity contribution in [3.8, 4) is 0 Å². The first-order valence-electron chi connectivity index (χ1n) is 15.1. The first-order valence-corrected chi connectivity index (χ1v) is 15.9. The van der Waals surface area contributed by atoms with Gasteiger partial charge in [-0.05, 0) is 99.8 Å². The second kappa shape index (κ2) is 16.0. The summed E-state index contributed by atoms with van der Waals surface area (Å²) in [6.45, 7) is 0. The molecule has 4 N–H and O–H groups in total. The molecule has 0 bridgehead atoms. The summed E-state index contributed by atoms with van der Waals surface area (Å²) in [6, 6.07) is 7.41. The van der Waals surface area contributed by atoms with E-state index in [0.29, 0.717) is 36.0 Å². The highest BCUT2D eigenvalue weighted by atomic mass is 35.5. The molecule has 1 atom stereocenters. The van der Waals surface area contributed by atoms with E-state index in [1.165, 1.54) is 17.7 Å². The molecular formula is C34H38Cl2N4O4. The summed E-state index contributed by atoms with van der Waals surface area (Å²) < 4.78 is 0. The van der Waals surface area contributed by atoms with Crippen LogP contribution in [0, 0.1) is 0 Å². The quantitative estimate of drug-likeness (QED) is 0.313. The van der Waals surface area contributed by atoms with Gasteiger partial charge < -0.3 is 11.5 Å². The van der Waals surface area contributed by atoms with Gasteiger partial charge in [-0.2, -0.15) is 0 Å². The number of hydrogen-bond donors (Lipinski definition) is 2. The van der Waals surface area contributed by atoms with Crippen LogP contribution in [0.1, 0.15) is 104 Å². The average Bonchev–Trinajstić information content (AvgIpc) is 2.98. The molecule has 8 nitrogen and oxygen atoms in total. The Morgan fingerprint density at radius 3 is 2.07 bits per heavy atom. The number of aromatic nitrogens is 2. The van der Waals surface area contributed by atoms with Crippen molar-refractivity contribution in [2.24, 2.45) is 11.5 Å². The van der Waals surface area contributed by atoms with E-state index >= 15 is 0 Å². The summed E-state index contributed by atoms with van der Waals surface area (Å²) in [6.07, 6.45) is 15.8. The molecule has 7 rings (SSSR count). The van der Waals surface area contributed by atoms with Crippen LogP contribution in [0.3, 0.4) is 0 Å². The number of pyridine rings is 2. The van der Waals surface area contributed by atoms with E-state index in [0.717, 1.165) is 91.6 Å². The number of Topliss-reactive ketones (excluding diaryl/α,β-unsaturated/α-hetero) is 2. The maximum atomic E-state index is 11.3. The van der Waals surface area contributed by atoms with E-state index in [-0.39, 0.29) is 29.2 Å². The van der Waals surface area contributed by atoms with Gasteiger partial charge in [0, 0.05) is 54.3 Å². The van der Waals surface area contributed by atoms with Crippen molar-refractivity contribution in [2.75, 3.05) is 0 Å². The number of aryl methyl sites for hydroxylation is 2. The van der Waals surface area contributed by atoms with E-state index in [1.54, 1.807) is 18.2 Å². The largest absolute Gasteiger partial charge is 0.402 e. The third-order valence-corrected chi connectivity index (χ3v) is 8.40. The number of halogens is 2. The van der Waals surface area contributed by atoms with Gasteiger partial charge in [0.15, 0.2) is 23.1 Å². The van der Waals surface area contributed by atoms with E-state index in [9.17, 15) is 19.2 Å². The monoisotopic (exact) mass is 636 g/mol. The number of allylic oxidation sites excluding steroid dienone is 6. The van der Waals surface area contributed by atoms with E-state index in [1.807, 2.05) is 12.1 Å². The molecule has 10 heteroatoms. The SMILES string of the molecule is NC1=CC(=O)CCC1.NC1CCCc2nc(Cl)ccc21.O=C1C=CC2=C(CCCC2=O)C1.O=C1CCCc2nc(Cl)ccc21. The van der Waals surface area contributed by atoms with Gasteiger partial charge in [0.05, 0.1) is 5.69 Å². The molecule has 5 aliphatic rings. The van der Waals surface area contributed by atoms with Crippen LogP contribution in [0.5, 0.6) is 0 Å². The predicted molar refractivity (Wildman–Crippen MR) is 171 cm³/mol. The van der Waals surface area contributed by atoms with Crippen LogP contribution in [-0.2, 0) is 27.2 Å². The Bertz CT molecular complexity index is 1530. The molecule has 5 aliphatic carbocycles. The molecule has 0 saturated carbocycles. The summed E-state index contributed by atoms with van der Waals surface area (Å²) in [4.78, 5) is 52.5. The molecule has 232 valence electrons.